The van der Waals surface area contributed by atoms with Gasteiger partial charge in [-0.25, -0.2) is 8.78 Å². The molecule has 10 heteroatoms. The van der Waals surface area contributed by atoms with Gasteiger partial charge in [0.25, 0.3) is 0 Å². The van der Waals surface area contributed by atoms with Crippen molar-refractivity contribution in [2.45, 2.75) is 12.8 Å². The molecule has 1 N–H and O–H groups in total. The second kappa shape index (κ2) is 8.03. The topological polar surface area (TPSA) is 81.3 Å². The highest BCUT2D eigenvalue weighted by molar-refractivity contribution is 6.31. The first-order valence-electron chi connectivity index (χ1n) is 8.88. The van der Waals surface area contributed by atoms with Gasteiger partial charge < -0.3 is 5.32 Å². The SMILES string of the molecule is O=C(CCc1nnc2c(=O)n(-c3cccc(F)c3)ccn12)Nc1ccc(F)c(Cl)c1. The fraction of sp³-hybridized carbons (Fsp3) is 0.100. The maximum absolute atomic E-state index is 13.5. The average Bonchev–Trinajstić information content (AvgIpc) is 3.13. The van der Waals surface area contributed by atoms with Crippen molar-refractivity contribution in [3.8, 4) is 5.69 Å². The molecule has 0 saturated carbocycles. The Morgan fingerprint density at radius 3 is 2.70 bits per heavy atom. The lowest BCUT2D eigenvalue weighted by molar-refractivity contribution is -0.116. The number of rotatable bonds is 5. The Kier molecular flexibility index (Phi) is 5.28. The van der Waals surface area contributed by atoms with Gasteiger partial charge in [0, 0.05) is 30.9 Å². The van der Waals surface area contributed by atoms with Crippen LogP contribution in [0.5, 0.6) is 0 Å². The molecule has 2 aromatic heterocycles. The summed E-state index contributed by atoms with van der Waals surface area (Å²) in [4.78, 5) is 24.9. The lowest BCUT2D eigenvalue weighted by Crippen LogP contribution is -2.20. The van der Waals surface area contributed by atoms with E-state index in [0.717, 1.165) is 6.07 Å². The minimum absolute atomic E-state index is 0.0579. The molecule has 0 aliphatic carbocycles. The van der Waals surface area contributed by atoms with Crippen molar-refractivity contribution < 1.29 is 13.6 Å². The molecular formula is C20H14ClF2N5O2. The van der Waals surface area contributed by atoms with E-state index in [1.807, 2.05) is 0 Å². The van der Waals surface area contributed by atoms with E-state index in [0.29, 0.717) is 17.2 Å². The van der Waals surface area contributed by atoms with Gasteiger partial charge in [-0.2, -0.15) is 0 Å². The van der Waals surface area contributed by atoms with Crippen LogP contribution in [0.2, 0.25) is 5.02 Å². The molecule has 4 rings (SSSR count). The van der Waals surface area contributed by atoms with Crippen LogP contribution in [0.1, 0.15) is 12.2 Å². The summed E-state index contributed by atoms with van der Waals surface area (Å²) in [7, 11) is 0. The summed E-state index contributed by atoms with van der Waals surface area (Å²) in [5.41, 5.74) is 0.328. The minimum Gasteiger partial charge on any atom is -0.326 e. The van der Waals surface area contributed by atoms with Gasteiger partial charge in [-0.15, -0.1) is 10.2 Å². The normalized spacial score (nSPS) is 11.0. The summed E-state index contributed by atoms with van der Waals surface area (Å²) in [6, 6.07) is 9.51. The van der Waals surface area contributed by atoms with Crippen LogP contribution in [0.15, 0.2) is 59.7 Å². The Morgan fingerprint density at radius 1 is 1.10 bits per heavy atom. The number of halogens is 3. The molecule has 0 unspecified atom stereocenters. The predicted molar refractivity (Wildman–Crippen MR) is 107 cm³/mol. The second-order valence-electron chi connectivity index (χ2n) is 6.44. The lowest BCUT2D eigenvalue weighted by Gasteiger charge is -2.07. The van der Waals surface area contributed by atoms with Gasteiger partial charge >= 0.3 is 5.56 Å². The van der Waals surface area contributed by atoms with E-state index in [-0.39, 0.29) is 29.4 Å². The number of amides is 1. The molecular weight excluding hydrogens is 416 g/mol. The summed E-state index contributed by atoms with van der Waals surface area (Å²) in [6.45, 7) is 0. The van der Waals surface area contributed by atoms with E-state index in [1.54, 1.807) is 12.3 Å². The molecule has 0 saturated heterocycles. The third kappa shape index (κ3) is 3.92. The highest BCUT2D eigenvalue weighted by Gasteiger charge is 2.13. The molecule has 0 spiro atoms. The third-order valence-electron chi connectivity index (χ3n) is 4.41. The first-order valence-corrected chi connectivity index (χ1v) is 9.26. The number of nitrogens with one attached hydrogen (secondary N) is 1. The van der Waals surface area contributed by atoms with Crippen LogP contribution in [-0.4, -0.2) is 25.1 Å². The number of carbonyl (C=O) groups excluding carboxylic acids is 1. The van der Waals surface area contributed by atoms with Crippen LogP contribution < -0.4 is 10.9 Å². The quantitative estimate of drug-likeness (QED) is 0.527. The smallest absolute Gasteiger partial charge is 0.300 e. The van der Waals surface area contributed by atoms with Crippen LogP contribution >= 0.6 is 11.6 Å². The summed E-state index contributed by atoms with van der Waals surface area (Å²) in [6.07, 6.45) is 3.33. The zero-order valence-electron chi connectivity index (χ0n) is 15.3. The molecule has 4 aromatic rings. The Balaban J connectivity index is 1.51. The Morgan fingerprint density at radius 2 is 1.93 bits per heavy atom. The number of benzene rings is 2. The molecule has 2 heterocycles. The minimum atomic E-state index is -0.575. The number of hydrogen-bond acceptors (Lipinski definition) is 4. The van der Waals surface area contributed by atoms with Crippen molar-refractivity contribution in [3.05, 3.63) is 87.7 Å². The number of nitrogens with zero attached hydrogens (tertiary/aromatic N) is 4. The summed E-state index contributed by atoms with van der Waals surface area (Å²) in [5.74, 6) is -0.952. The van der Waals surface area contributed by atoms with Crippen LogP contribution in [0.4, 0.5) is 14.5 Å². The zero-order chi connectivity index (χ0) is 21.3. The molecule has 0 aliphatic heterocycles. The van der Waals surface area contributed by atoms with E-state index in [2.05, 4.69) is 15.5 Å². The highest BCUT2D eigenvalue weighted by Crippen LogP contribution is 2.19. The van der Waals surface area contributed by atoms with Crippen molar-refractivity contribution in [2.75, 3.05) is 5.32 Å². The number of aromatic nitrogens is 4. The first-order chi connectivity index (χ1) is 14.4. The number of aryl methyl sites for hydroxylation is 1. The molecule has 1 amide bonds. The van der Waals surface area contributed by atoms with Crippen LogP contribution in [0.3, 0.4) is 0 Å². The molecule has 0 fully saturated rings. The van der Waals surface area contributed by atoms with Crippen molar-refractivity contribution >= 4 is 28.8 Å². The Labute approximate surface area is 173 Å². The number of fused-ring (bicyclic) bond motifs is 1. The lowest BCUT2D eigenvalue weighted by atomic mass is 10.2. The summed E-state index contributed by atoms with van der Waals surface area (Å²) >= 11 is 5.70. The van der Waals surface area contributed by atoms with E-state index < -0.39 is 17.2 Å². The average molecular weight is 430 g/mol. The molecule has 30 heavy (non-hydrogen) atoms. The Hall–Kier alpha value is -3.59. The van der Waals surface area contributed by atoms with Gasteiger partial charge in [-0.3, -0.25) is 18.6 Å². The molecule has 0 radical (unpaired) electrons. The largest absolute Gasteiger partial charge is 0.326 e. The first kappa shape index (κ1) is 19.7. The monoisotopic (exact) mass is 429 g/mol. The van der Waals surface area contributed by atoms with Crippen molar-refractivity contribution in [1.82, 2.24) is 19.2 Å². The van der Waals surface area contributed by atoms with Gasteiger partial charge in [0.05, 0.1) is 10.7 Å². The van der Waals surface area contributed by atoms with E-state index in [1.165, 1.54) is 45.5 Å². The fourth-order valence-corrected chi connectivity index (χ4v) is 3.14. The Bertz CT molecular complexity index is 1320. The maximum Gasteiger partial charge on any atom is 0.300 e. The van der Waals surface area contributed by atoms with Gasteiger partial charge in [0.2, 0.25) is 11.6 Å². The van der Waals surface area contributed by atoms with Crippen LogP contribution in [-0.2, 0) is 11.2 Å². The molecule has 0 bridgehead atoms. The van der Waals surface area contributed by atoms with E-state index in [9.17, 15) is 18.4 Å². The summed E-state index contributed by atoms with van der Waals surface area (Å²) < 4.78 is 29.4. The second-order valence-corrected chi connectivity index (χ2v) is 6.85. The third-order valence-corrected chi connectivity index (χ3v) is 4.70. The van der Waals surface area contributed by atoms with Gasteiger partial charge in [-0.05, 0) is 36.4 Å². The van der Waals surface area contributed by atoms with Crippen LogP contribution in [0.25, 0.3) is 11.3 Å². The predicted octanol–water partition coefficient (Wildman–Crippen LogP) is 3.38. The van der Waals surface area contributed by atoms with Gasteiger partial charge in [-0.1, -0.05) is 17.7 Å². The van der Waals surface area contributed by atoms with E-state index >= 15 is 0 Å². The summed E-state index contributed by atoms with van der Waals surface area (Å²) in [5, 5.41) is 10.4. The van der Waals surface area contributed by atoms with Crippen molar-refractivity contribution in [2.24, 2.45) is 0 Å². The van der Waals surface area contributed by atoms with Crippen molar-refractivity contribution in [1.29, 1.82) is 0 Å². The molecule has 152 valence electrons. The number of carbonyl (C=O) groups is 1. The number of hydrogen-bond donors (Lipinski definition) is 1. The molecule has 0 atom stereocenters. The fourth-order valence-electron chi connectivity index (χ4n) is 2.96. The number of anilines is 1. The molecule has 0 aliphatic rings. The molecule has 2 aromatic carbocycles. The van der Waals surface area contributed by atoms with E-state index in [4.69, 9.17) is 11.6 Å². The standard InChI is InChI=1S/C20H14ClF2N5O2/c21-15-11-13(4-5-16(15)23)24-18(29)7-6-17-25-26-19-20(30)27(8-9-28(17)19)14-3-1-2-12(22)10-14/h1-5,8-11H,6-7H2,(H,24,29). The highest BCUT2D eigenvalue weighted by atomic mass is 35.5. The van der Waals surface area contributed by atoms with Crippen molar-refractivity contribution in [3.63, 3.8) is 0 Å². The zero-order valence-corrected chi connectivity index (χ0v) is 16.1. The molecule has 7 nitrogen and oxygen atoms in total. The maximum atomic E-state index is 13.5. The van der Waals surface area contributed by atoms with Gasteiger partial charge in [0.1, 0.15) is 17.5 Å². The van der Waals surface area contributed by atoms with Gasteiger partial charge in [0.15, 0.2) is 0 Å². The van der Waals surface area contributed by atoms with Crippen LogP contribution in [0, 0.1) is 11.6 Å².